The minimum atomic E-state index is -0.987. The van der Waals surface area contributed by atoms with Crippen LogP contribution in [0.1, 0.15) is 26.3 Å². The lowest BCUT2D eigenvalue weighted by Gasteiger charge is -2.26. The average Bonchev–Trinajstić information content (AvgIpc) is 2.99. The Kier molecular flexibility index (Phi) is 4.62. The largest absolute Gasteiger partial charge is 0.497 e. The summed E-state index contributed by atoms with van der Waals surface area (Å²) in [5.74, 6) is 0.0965. The lowest BCUT2D eigenvalue weighted by molar-refractivity contribution is -0.232. The van der Waals surface area contributed by atoms with Gasteiger partial charge in [-0.2, -0.15) is 0 Å². The highest BCUT2D eigenvalue weighted by Gasteiger charge is 2.56. The Labute approximate surface area is 136 Å². The number of hydrogen-bond donors (Lipinski definition) is 1. The molecular formula is C17H24O6. The van der Waals surface area contributed by atoms with Crippen LogP contribution in [-0.4, -0.2) is 48.7 Å². The monoisotopic (exact) mass is 324 g/mol. The third-order valence-corrected chi connectivity index (χ3v) is 4.20. The Morgan fingerprint density at radius 2 is 1.83 bits per heavy atom. The lowest BCUT2D eigenvalue weighted by Crippen LogP contribution is -2.38. The van der Waals surface area contributed by atoms with Gasteiger partial charge >= 0.3 is 0 Å². The van der Waals surface area contributed by atoms with Gasteiger partial charge in [0.25, 0.3) is 0 Å². The van der Waals surface area contributed by atoms with Crippen LogP contribution in [0.15, 0.2) is 24.3 Å². The number of hydrogen-bond acceptors (Lipinski definition) is 6. The molecule has 0 aromatic heterocycles. The van der Waals surface area contributed by atoms with Gasteiger partial charge in [-0.15, -0.1) is 0 Å². The molecule has 0 aliphatic carbocycles. The van der Waals surface area contributed by atoms with Gasteiger partial charge in [-0.1, -0.05) is 12.1 Å². The fourth-order valence-corrected chi connectivity index (χ4v) is 3.03. The van der Waals surface area contributed by atoms with Crippen molar-refractivity contribution in [2.24, 2.45) is 0 Å². The molecule has 1 aromatic carbocycles. The van der Waals surface area contributed by atoms with Crippen molar-refractivity contribution in [2.75, 3.05) is 7.11 Å². The highest BCUT2D eigenvalue weighted by molar-refractivity contribution is 5.26. The normalized spacial score (nSPS) is 33.4. The molecule has 2 heterocycles. The molecule has 23 heavy (non-hydrogen) atoms. The summed E-state index contributed by atoms with van der Waals surface area (Å²) in [6.07, 6.45) is -2.39. The maximum absolute atomic E-state index is 10.00. The van der Waals surface area contributed by atoms with Crippen LogP contribution in [0, 0.1) is 0 Å². The van der Waals surface area contributed by atoms with Gasteiger partial charge in [0.2, 0.25) is 0 Å². The highest BCUT2D eigenvalue weighted by Crippen LogP contribution is 2.39. The molecule has 128 valence electrons. The summed E-state index contributed by atoms with van der Waals surface area (Å²) in [4.78, 5) is 0. The van der Waals surface area contributed by atoms with Crippen LogP contribution < -0.4 is 4.74 Å². The van der Waals surface area contributed by atoms with Crippen molar-refractivity contribution in [3.63, 3.8) is 0 Å². The first-order valence-corrected chi connectivity index (χ1v) is 7.83. The van der Waals surface area contributed by atoms with E-state index in [9.17, 15) is 5.11 Å². The van der Waals surface area contributed by atoms with Gasteiger partial charge in [0.15, 0.2) is 12.1 Å². The molecule has 2 aliphatic heterocycles. The fourth-order valence-electron chi connectivity index (χ4n) is 3.03. The minimum absolute atomic E-state index is 0.237. The molecule has 0 amide bonds. The third kappa shape index (κ3) is 3.51. The van der Waals surface area contributed by atoms with Crippen molar-refractivity contribution in [1.82, 2.24) is 0 Å². The predicted octanol–water partition coefficient (Wildman–Crippen LogP) is 1.84. The summed E-state index contributed by atoms with van der Waals surface area (Å²) in [5, 5.41) is 10.00. The van der Waals surface area contributed by atoms with Crippen molar-refractivity contribution < 1.29 is 28.8 Å². The smallest absolute Gasteiger partial charge is 0.184 e. The van der Waals surface area contributed by atoms with Crippen molar-refractivity contribution >= 4 is 0 Å². The molecule has 6 nitrogen and oxygen atoms in total. The summed E-state index contributed by atoms with van der Waals surface area (Å²) in [7, 11) is 1.64. The topological polar surface area (TPSA) is 66.4 Å². The molecule has 6 heteroatoms. The van der Waals surface area contributed by atoms with Gasteiger partial charge in [0, 0.05) is 0 Å². The second-order valence-electron chi connectivity index (χ2n) is 6.42. The summed E-state index contributed by atoms with van der Waals surface area (Å²) in [6, 6.07) is 7.70. The van der Waals surface area contributed by atoms with Crippen LogP contribution >= 0.6 is 0 Å². The Morgan fingerprint density at radius 1 is 1.17 bits per heavy atom. The molecular weight excluding hydrogens is 300 g/mol. The van der Waals surface area contributed by atoms with E-state index in [2.05, 4.69) is 0 Å². The number of aliphatic hydroxyl groups is 1. The van der Waals surface area contributed by atoms with Gasteiger partial charge in [-0.05, 0) is 38.5 Å². The van der Waals surface area contributed by atoms with Gasteiger partial charge in [-0.3, -0.25) is 0 Å². The molecule has 0 saturated carbocycles. The van der Waals surface area contributed by atoms with Crippen LogP contribution in [-0.2, 0) is 25.6 Å². The zero-order valence-electron chi connectivity index (χ0n) is 13.9. The average molecular weight is 324 g/mol. The first kappa shape index (κ1) is 16.7. The zero-order valence-corrected chi connectivity index (χ0v) is 13.9. The Balaban J connectivity index is 1.58. The van der Waals surface area contributed by atoms with Gasteiger partial charge in [0.05, 0.1) is 19.8 Å². The molecule has 1 N–H and O–H groups in total. The third-order valence-electron chi connectivity index (χ3n) is 4.20. The molecule has 5 atom stereocenters. The van der Waals surface area contributed by atoms with E-state index in [1.165, 1.54) is 0 Å². The standard InChI is InChI=1S/C17H24O6/c1-10(20-9-11-5-7-12(19-4)8-6-11)13-14-15(16(18)21-13)23-17(2,3)22-14/h5-8,10,13-16,18H,9H2,1-4H3/t10-,13-,14+,15+,16?/m0/s1. The van der Waals surface area contributed by atoms with Crippen molar-refractivity contribution in [1.29, 1.82) is 0 Å². The van der Waals surface area contributed by atoms with Gasteiger partial charge in [-0.25, -0.2) is 0 Å². The predicted molar refractivity (Wildman–Crippen MR) is 81.9 cm³/mol. The molecule has 0 bridgehead atoms. The van der Waals surface area contributed by atoms with Crippen molar-refractivity contribution in [2.45, 2.75) is 63.9 Å². The van der Waals surface area contributed by atoms with Crippen LogP contribution in [0.5, 0.6) is 5.75 Å². The van der Waals surface area contributed by atoms with E-state index in [4.69, 9.17) is 23.7 Å². The first-order valence-electron chi connectivity index (χ1n) is 7.83. The zero-order chi connectivity index (χ0) is 16.6. The van der Waals surface area contributed by atoms with E-state index in [1.54, 1.807) is 7.11 Å². The van der Waals surface area contributed by atoms with Crippen LogP contribution in [0.2, 0.25) is 0 Å². The molecule has 3 rings (SSSR count). The lowest BCUT2D eigenvalue weighted by atomic mass is 10.1. The second-order valence-corrected chi connectivity index (χ2v) is 6.42. The molecule has 1 aromatic rings. The Hall–Kier alpha value is -1.18. The summed E-state index contributed by atoms with van der Waals surface area (Å²) < 4.78 is 28.1. The van der Waals surface area contributed by atoms with E-state index in [-0.39, 0.29) is 18.3 Å². The molecule has 0 radical (unpaired) electrons. The number of rotatable bonds is 5. The highest BCUT2D eigenvalue weighted by atomic mass is 16.8. The van der Waals surface area contributed by atoms with E-state index in [1.807, 2.05) is 45.0 Å². The Morgan fingerprint density at radius 3 is 2.48 bits per heavy atom. The summed E-state index contributed by atoms with van der Waals surface area (Å²) in [5.41, 5.74) is 1.04. The fraction of sp³-hybridized carbons (Fsp3) is 0.647. The summed E-state index contributed by atoms with van der Waals surface area (Å²) >= 11 is 0. The van der Waals surface area contributed by atoms with Crippen LogP contribution in [0.4, 0.5) is 0 Å². The molecule has 0 spiro atoms. The van der Waals surface area contributed by atoms with E-state index >= 15 is 0 Å². The SMILES string of the molecule is COc1ccc(CO[C@@H](C)[C@@H]2OC(O)[C@@H]3OC(C)(C)O[C@H]23)cc1. The molecule has 1 unspecified atom stereocenters. The van der Waals surface area contributed by atoms with Crippen molar-refractivity contribution in [3.8, 4) is 5.75 Å². The molecule has 2 saturated heterocycles. The number of benzene rings is 1. The molecule has 2 aliphatic rings. The van der Waals surface area contributed by atoms with E-state index in [0.717, 1.165) is 11.3 Å². The minimum Gasteiger partial charge on any atom is -0.497 e. The molecule has 2 fully saturated rings. The van der Waals surface area contributed by atoms with E-state index in [0.29, 0.717) is 6.61 Å². The van der Waals surface area contributed by atoms with Crippen LogP contribution in [0.25, 0.3) is 0 Å². The maximum Gasteiger partial charge on any atom is 0.184 e. The Bertz CT molecular complexity index is 528. The quantitative estimate of drug-likeness (QED) is 0.891. The van der Waals surface area contributed by atoms with Gasteiger partial charge in [0.1, 0.15) is 24.1 Å². The number of fused-ring (bicyclic) bond motifs is 1. The van der Waals surface area contributed by atoms with E-state index < -0.39 is 18.2 Å². The van der Waals surface area contributed by atoms with Gasteiger partial charge < -0.3 is 28.8 Å². The second kappa shape index (κ2) is 6.37. The summed E-state index contributed by atoms with van der Waals surface area (Å²) in [6.45, 7) is 6.02. The maximum atomic E-state index is 10.00. The number of methoxy groups -OCH3 is 1. The number of ether oxygens (including phenoxy) is 5. The first-order chi connectivity index (χ1) is 10.9. The van der Waals surface area contributed by atoms with Crippen LogP contribution in [0.3, 0.4) is 0 Å². The van der Waals surface area contributed by atoms with Crippen molar-refractivity contribution in [3.05, 3.63) is 29.8 Å². The number of aliphatic hydroxyl groups excluding tert-OH is 1.